The smallest absolute Gasteiger partial charge is 0.254 e. The maximum absolute atomic E-state index is 13.5. The highest BCUT2D eigenvalue weighted by atomic mass is 16.2. The van der Waals surface area contributed by atoms with E-state index in [0.29, 0.717) is 6.54 Å². The maximum Gasteiger partial charge on any atom is 0.254 e. The Morgan fingerprint density at radius 1 is 1.18 bits per heavy atom. The van der Waals surface area contributed by atoms with Gasteiger partial charge in [-0.05, 0) is 36.6 Å². The molecule has 0 spiro atoms. The van der Waals surface area contributed by atoms with Gasteiger partial charge >= 0.3 is 0 Å². The van der Waals surface area contributed by atoms with Gasteiger partial charge < -0.3 is 14.5 Å². The van der Waals surface area contributed by atoms with Gasteiger partial charge in [0.2, 0.25) is 0 Å². The summed E-state index contributed by atoms with van der Waals surface area (Å²) < 4.78 is 1.99. The Kier molecular flexibility index (Phi) is 4.01. The highest BCUT2D eigenvalue weighted by Gasteiger charge is 2.31. The van der Waals surface area contributed by atoms with Crippen molar-refractivity contribution in [1.82, 2.24) is 19.4 Å². The van der Waals surface area contributed by atoms with E-state index in [1.165, 1.54) is 10.9 Å². The lowest BCUT2D eigenvalue weighted by atomic mass is 9.96. The van der Waals surface area contributed by atoms with Crippen molar-refractivity contribution in [3.8, 4) is 0 Å². The van der Waals surface area contributed by atoms with Crippen molar-refractivity contribution in [3.05, 3.63) is 89.6 Å². The lowest BCUT2D eigenvalue weighted by molar-refractivity contribution is 0.0673. The number of fused-ring (bicyclic) bond motifs is 3. The zero-order chi connectivity index (χ0) is 19.1. The van der Waals surface area contributed by atoms with Gasteiger partial charge in [-0.3, -0.25) is 4.79 Å². The molecule has 4 aromatic rings. The molecular formula is C23H22N4O. The molecule has 0 saturated heterocycles. The normalized spacial score (nSPS) is 16.3. The van der Waals surface area contributed by atoms with Crippen LogP contribution in [-0.2, 0) is 13.0 Å². The first kappa shape index (κ1) is 16.8. The molecule has 0 radical (unpaired) electrons. The molecule has 1 aliphatic heterocycles. The van der Waals surface area contributed by atoms with E-state index in [2.05, 4.69) is 35.1 Å². The molecule has 0 aliphatic carbocycles. The molecular weight excluding hydrogens is 348 g/mol. The van der Waals surface area contributed by atoms with Crippen LogP contribution >= 0.6 is 0 Å². The molecule has 1 amide bonds. The molecule has 0 bridgehead atoms. The fourth-order valence-corrected chi connectivity index (χ4v) is 4.30. The molecule has 0 unspecified atom stereocenters. The Morgan fingerprint density at radius 3 is 2.86 bits per heavy atom. The zero-order valence-corrected chi connectivity index (χ0v) is 15.8. The van der Waals surface area contributed by atoms with E-state index >= 15 is 0 Å². The van der Waals surface area contributed by atoms with Crippen molar-refractivity contribution in [3.63, 3.8) is 0 Å². The maximum atomic E-state index is 13.5. The van der Waals surface area contributed by atoms with Gasteiger partial charge in [0.25, 0.3) is 5.91 Å². The molecule has 3 heterocycles. The molecule has 1 atom stereocenters. The lowest BCUT2D eigenvalue weighted by Gasteiger charge is -2.34. The number of H-pyrrole nitrogens is 1. The number of hydrogen-bond acceptors (Lipinski definition) is 2. The van der Waals surface area contributed by atoms with E-state index in [-0.39, 0.29) is 11.9 Å². The van der Waals surface area contributed by atoms with Crippen LogP contribution in [0.15, 0.2) is 67.3 Å². The number of benzene rings is 2. The fourth-order valence-electron chi connectivity index (χ4n) is 4.30. The molecule has 1 N–H and O–H groups in total. The Hall–Kier alpha value is -3.34. The fraction of sp³-hybridized carbons (Fsp3) is 0.217. The van der Waals surface area contributed by atoms with Crippen LogP contribution in [0.1, 0.15) is 40.1 Å². The van der Waals surface area contributed by atoms with Gasteiger partial charge in [-0.15, -0.1) is 0 Å². The summed E-state index contributed by atoms with van der Waals surface area (Å²) in [5, 5.41) is 1.27. The number of carbonyl (C=O) groups is 1. The monoisotopic (exact) mass is 370 g/mol. The van der Waals surface area contributed by atoms with Gasteiger partial charge in [-0.2, -0.15) is 0 Å². The average Bonchev–Trinajstić information content (AvgIpc) is 3.36. The van der Waals surface area contributed by atoms with Crippen LogP contribution in [0, 0.1) is 0 Å². The summed E-state index contributed by atoms with van der Waals surface area (Å²) in [4.78, 5) is 23.1. The van der Waals surface area contributed by atoms with Crippen molar-refractivity contribution in [2.75, 3.05) is 6.54 Å². The number of amides is 1. The molecule has 0 fully saturated rings. The minimum absolute atomic E-state index is 0.0185. The summed E-state index contributed by atoms with van der Waals surface area (Å²) in [5.41, 5.74) is 5.43. The van der Waals surface area contributed by atoms with Crippen LogP contribution in [-0.4, -0.2) is 31.9 Å². The van der Waals surface area contributed by atoms with E-state index in [1.54, 1.807) is 12.5 Å². The van der Waals surface area contributed by atoms with Crippen LogP contribution in [0.5, 0.6) is 0 Å². The van der Waals surface area contributed by atoms with E-state index < -0.39 is 0 Å². The summed E-state index contributed by atoms with van der Waals surface area (Å²) in [6, 6.07) is 16.3. The second-order valence-corrected chi connectivity index (χ2v) is 7.38. The van der Waals surface area contributed by atoms with Gasteiger partial charge in [0.05, 0.1) is 12.4 Å². The second-order valence-electron chi connectivity index (χ2n) is 7.38. The quantitative estimate of drug-likeness (QED) is 0.588. The number of hydrogen-bond donors (Lipinski definition) is 1. The summed E-state index contributed by atoms with van der Waals surface area (Å²) in [6.07, 6.45) is 6.33. The van der Waals surface area contributed by atoms with Crippen molar-refractivity contribution in [2.45, 2.75) is 25.9 Å². The highest BCUT2D eigenvalue weighted by molar-refractivity contribution is 5.96. The SMILES string of the molecule is C[C@@H]1c2[nH]c3ccccc3c2CCN1C(=O)c1ccccc1Cn1ccnc1. The summed E-state index contributed by atoms with van der Waals surface area (Å²) in [5.74, 6) is 0.0903. The number of para-hydroxylation sites is 1. The van der Waals surface area contributed by atoms with E-state index in [0.717, 1.165) is 35.3 Å². The summed E-state index contributed by atoms with van der Waals surface area (Å²) >= 11 is 0. The number of carbonyl (C=O) groups excluding carboxylic acids is 1. The average molecular weight is 370 g/mol. The van der Waals surface area contributed by atoms with Crippen molar-refractivity contribution in [1.29, 1.82) is 0 Å². The topological polar surface area (TPSA) is 53.9 Å². The third-order valence-corrected chi connectivity index (χ3v) is 5.76. The first-order valence-electron chi connectivity index (χ1n) is 9.66. The number of rotatable bonds is 3. The molecule has 2 aromatic carbocycles. The minimum Gasteiger partial charge on any atom is -0.356 e. The number of imidazole rings is 1. The van der Waals surface area contributed by atoms with Crippen LogP contribution in [0.2, 0.25) is 0 Å². The van der Waals surface area contributed by atoms with E-state index in [4.69, 9.17) is 0 Å². The van der Waals surface area contributed by atoms with Gasteiger partial charge in [-0.25, -0.2) is 4.98 Å². The van der Waals surface area contributed by atoms with Crippen molar-refractivity contribution < 1.29 is 4.79 Å². The molecule has 140 valence electrons. The van der Waals surface area contributed by atoms with E-state index in [1.807, 2.05) is 46.0 Å². The standard InChI is InChI=1S/C23H22N4O/c1-16-22-20(19-8-4-5-9-21(19)25-22)10-12-27(16)23(28)18-7-3-2-6-17(18)14-26-13-11-24-15-26/h2-9,11,13,15-16,25H,10,12,14H2,1H3/t16-/m1/s1. The first-order chi connectivity index (χ1) is 13.7. The van der Waals surface area contributed by atoms with Crippen molar-refractivity contribution >= 4 is 16.8 Å². The Balaban J connectivity index is 1.48. The van der Waals surface area contributed by atoms with Crippen LogP contribution < -0.4 is 0 Å². The van der Waals surface area contributed by atoms with Crippen molar-refractivity contribution in [2.24, 2.45) is 0 Å². The Bertz CT molecular complexity index is 1140. The van der Waals surface area contributed by atoms with Crippen LogP contribution in [0.4, 0.5) is 0 Å². The van der Waals surface area contributed by atoms with Crippen LogP contribution in [0.25, 0.3) is 10.9 Å². The summed E-state index contributed by atoms with van der Waals surface area (Å²) in [7, 11) is 0. The number of nitrogens with zero attached hydrogens (tertiary/aromatic N) is 3. The molecule has 28 heavy (non-hydrogen) atoms. The van der Waals surface area contributed by atoms with Gasteiger partial charge in [-0.1, -0.05) is 36.4 Å². The molecule has 5 rings (SSSR count). The third-order valence-electron chi connectivity index (χ3n) is 5.76. The predicted octanol–water partition coefficient (Wildman–Crippen LogP) is 4.17. The number of aromatic nitrogens is 3. The Morgan fingerprint density at radius 2 is 2.00 bits per heavy atom. The molecule has 5 heteroatoms. The van der Waals surface area contributed by atoms with Gasteiger partial charge in [0, 0.05) is 47.6 Å². The van der Waals surface area contributed by atoms with Crippen LogP contribution in [0.3, 0.4) is 0 Å². The summed E-state index contributed by atoms with van der Waals surface area (Å²) in [6.45, 7) is 3.49. The number of aromatic amines is 1. The lowest BCUT2D eigenvalue weighted by Crippen LogP contribution is -2.39. The Labute approximate surface area is 163 Å². The largest absolute Gasteiger partial charge is 0.356 e. The third kappa shape index (κ3) is 2.71. The number of nitrogens with one attached hydrogen (secondary N) is 1. The molecule has 1 aliphatic rings. The molecule has 2 aromatic heterocycles. The second kappa shape index (κ2) is 6.68. The van der Waals surface area contributed by atoms with E-state index in [9.17, 15) is 4.79 Å². The van der Waals surface area contributed by atoms with Gasteiger partial charge in [0.1, 0.15) is 0 Å². The minimum atomic E-state index is 0.0185. The predicted molar refractivity (Wildman–Crippen MR) is 109 cm³/mol. The zero-order valence-electron chi connectivity index (χ0n) is 15.8. The molecule has 5 nitrogen and oxygen atoms in total. The molecule has 0 saturated carbocycles. The first-order valence-corrected chi connectivity index (χ1v) is 9.66. The van der Waals surface area contributed by atoms with Gasteiger partial charge in [0.15, 0.2) is 0 Å². The highest BCUT2D eigenvalue weighted by Crippen LogP contribution is 2.35.